The zero-order valence-electron chi connectivity index (χ0n) is 18.1. The van der Waals surface area contributed by atoms with Crippen LogP contribution in [-0.4, -0.2) is 43.3 Å². The van der Waals surface area contributed by atoms with Gasteiger partial charge < -0.3 is 10.0 Å². The Morgan fingerprint density at radius 3 is 2.21 bits per heavy atom. The predicted octanol–water partition coefficient (Wildman–Crippen LogP) is 3.43. The molecule has 2 rings (SSSR count). The molecule has 2 N–H and O–H groups in total. The summed E-state index contributed by atoms with van der Waals surface area (Å²) in [5, 5.41) is 46.4. The van der Waals surface area contributed by atoms with Gasteiger partial charge in [0.25, 0.3) is 5.69 Å². The fourth-order valence-corrected chi connectivity index (χ4v) is 3.85. The molecule has 2 aromatic carbocycles. The molecule has 13 nitrogen and oxygen atoms in total. The van der Waals surface area contributed by atoms with Crippen molar-refractivity contribution in [3.8, 4) is 12.1 Å². The van der Waals surface area contributed by atoms with Gasteiger partial charge in [-0.3, -0.25) is 19.6 Å². The number of non-ortho nitro benzene ring substituents is 1. The Balaban J connectivity index is 2.63. The van der Waals surface area contributed by atoms with Crippen LogP contribution < -0.4 is 9.62 Å². The molecule has 176 valence electrons. The SMILES string of the molecule is CCN(CC)c1ccc(N=Nc2c(C#N)cc([N+](=O)[O-])cc2C#N)c(NS(=O)(=O)CC(=O)O)c1. The highest BCUT2D eigenvalue weighted by molar-refractivity contribution is 7.93. The summed E-state index contributed by atoms with van der Waals surface area (Å²) in [6.45, 7) is 5.01. The number of nitrogens with one attached hydrogen (secondary N) is 1. The van der Waals surface area contributed by atoms with E-state index in [-0.39, 0.29) is 28.2 Å². The minimum absolute atomic E-state index is 0.0315. The Hall–Kier alpha value is -4.56. The number of aliphatic carboxylic acids is 1. The third-order valence-corrected chi connectivity index (χ3v) is 5.65. The molecule has 34 heavy (non-hydrogen) atoms. The van der Waals surface area contributed by atoms with Crippen molar-refractivity contribution in [1.82, 2.24) is 0 Å². The second-order valence-electron chi connectivity index (χ2n) is 6.70. The molecule has 0 saturated heterocycles. The average Bonchev–Trinajstić information content (AvgIpc) is 2.77. The molecule has 0 amide bonds. The van der Waals surface area contributed by atoms with Gasteiger partial charge in [-0.1, -0.05) is 0 Å². The molecule has 0 saturated carbocycles. The number of nitro groups is 1. The maximum atomic E-state index is 12.2. The summed E-state index contributed by atoms with van der Waals surface area (Å²) in [6, 6.07) is 9.85. The van der Waals surface area contributed by atoms with Crippen LogP contribution >= 0.6 is 0 Å². The van der Waals surface area contributed by atoms with E-state index in [1.54, 1.807) is 18.2 Å². The van der Waals surface area contributed by atoms with Crippen molar-refractivity contribution >= 4 is 44.4 Å². The van der Waals surface area contributed by atoms with Crippen LogP contribution in [0, 0.1) is 32.8 Å². The summed E-state index contributed by atoms with van der Waals surface area (Å²) in [5.74, 6) is -2.74. The Morgan fingerprint density at radius 2 is 1.74 bits per heavy atom. The third kappa shape index (κ3) is 6.24. The number of rotatable bonds is 10. The van der Waals surface area contributed by atoms with E-state index in [0.29, 0.717) is 18.8 Å². The predicted molar refractivity (Wildman–Crippen MR) is 122 cm³/mol. The number of hydrogen-bond acceptors (Lipinski definition) is 10. The molecule has 0 spiro atoms. The maximum Gasteiger partial charge on any atom is 0.320 e. The average molecular weight is 485 g/mol. The van der Waals surface area contributed by atoms with Crippen LogP contribution in [0.1, 0.15) is 25.0 Å². The van der Waals surface area contributed by atoms with Crippen molar-refractivity contribution < 1.29 is 23.2 Å². The number of carboxylic acids is 1. The summed E-state index contributed by atoms with van der Waals surface area (Å²) < 4.78 is 26.6. The van der Waals surface area contributed by atoms with Gasteiger partial charge in [0.15, 0.2) is 5.75 Å². The van der Waals surface area contributed by atoms with Gasteiger partial charge in [-0.2, -0.15) is 10.5 Å². The van der Waals surface area contributed by atoms with Crippen molar-refractivity contribution in [3.05, 3.63) is 51.6 Å². The first-order valence-electron chi connectivity index (χ1n) is 9.70. The number of nitro benzene ring substituents is 1. The number of benzene rings is 2. The van der Waals surface area contributed by atoms with E-state index in [1.807, 2.05) is 18.7 Å². The van der Waals surface area contributed by atoms with Gasteiger partial charge in [0, 0.05) is 30.9 Å². The molecule has 0 aliphatic rings. The monoisotopic (exact) mass is 485 g/mol. The van der Waals surface area contributed by atoms with E-state index in [1.165, 1.54) is 12.1 Å². The lowest BCUT2D eigenvalue weighted by atomic mass is 10.1. The molecule has 2 aromatic rings. The molecule has 0 atom stereocenters. The lowest BCUT2D eigenvalue weighted by Gasteiger charge is -2.22. The largest absolute Gasteiger partial charge is 0.480 e. The first kappa shape index (κ1) is 25.7. The molecule has 0 radical (unpaired) electrons. The molecule has 0 aliphatic carbocycles. The quantitative estimate of drug-likeness (QED) is 0.287. The highest BCUT2D eigenvalue weighted by Gasteiger charge is 2.20. The number of carbonyl (C=O) groups is 1. The third-order valence-electron chi connectivity index (χ3n) is 4.49. The highest BCUT2D eigenvalue weighted by atomic mass is 32.2. The number of sulfonamides is 1. The van der Waals surface area contributed by atoms with Gasteiger partial charge in [0.1, 0.15) is 23.5 Å². The molecule has 14 heteroatoms. The van der Waals surface area contributed by atoms with E-state index in [0.717, 1.165) is 12.1 Å². The number of hydrogen-bond donors (Lipinski definition) is 2. The van der Waals surface area contributed by atoms with E-state index in [9.17, 15) is 33.9 Å². The fraction of sp³-hybridized carbons (Fsp3) is 0.250. The number of nitrogens with zero attached hydrogens (tertiary/aromatic N) is 6. The molecular weight excluding hydrogens is 466 g/mol. The van der Waals surface area contributed by atoms with Gasteiger partial charge >= 0.3 is 5.97 Å². The minimum Gasteiger partial charge on any atom is -0.480 e. The Bertz CT molecular complexity index is 1300. The van der Waals surface area contributed by atoms with Crippen LogP contribution in [0.15, 0.2) is 40.6 Å². The smallest absolute Gasteiger partial charge is 0.320 e. The second kappa shape index (κ2) is 10.8. The minimum atomic E-state index is -4.29. The Kier molecular flexibility index (Phi) is 8.20. The number of anilines is 2. The van der Waals surface area contributed by atoms with Crippen molar-refractivity contribution in [1.29, 1.82) is 10.5 Å². The van der Waals surface area contributed by atoms with Crippen LogP contribution in [0.3, 0.4) is 0 Å². The molecule has 0 unspecified atom stereocenters. The summed E-state index contributed by atoms with van der Waals surface area (Å²) in [6.07, 6.45) is 0. The van der Waals surface area contributed by atoms with Gasteiger partial charge in [0.2, 0.25) is 10.0 Å². The van der Waals surface area contributed by atoms with Crippen LogP contribution in [-0.2, 0) is 14.8 Å². The molecular formula is C20H19N7O6S. The first-order valence-corrected chi connectivity index (χ1v) is 11.4. The van der Waals surface area contributed by atoms with E-state index in [2.05, 4.69) is 15.0 Å². The maximum absolute atomic E-state index is 12.2. The summed E-state index contributed by atoms with van der Waals surface area (Å²) >= 11 is 0. The van der Waals surface area contributed by atoms with Gasteiger partial charge in [-0.15, -0.1) is 10.2 Å². The van der Waals surface area contributed by atoms with Gasteiger partial charge in [-0.25, -0.2) is 8.42 Å². The normalized spacial score (nSPS) is 10.9. The van der Waals surface area contributed by atoms with Crippen LogP contribution in [0.5, 0.6) is 0 Å². The van der Waals surface area contributed by atoms with Crippen molar-refractivity contribution in [3.63, 3.8) is 0 Å². The molecule has 0 aromatic heterocycles. The lowest BCUT2D eigenvalue weighted by Crippen LogP contribution is -2.24. The number of nitriles is 2. The topological polar surface area (TPSA) is 202 Å². The van der Waals surface area contributed by atoms with Crippen molar-refractivity contribution in [2.75, 3.05) is 28.5 Å². The molecule has 0 fully saturated rings. The summed E-state index contributed by atoms with van der Waals surface area (Å²) in [5.41, 5.74) is -0.739. The van der Waals surface area contributed by atoms with E-state index in [4.69, 9.17) is 5.11 Å². The highest BCUT2D eigenvalue weighted by Crippen LogP contribution is 2.35. The lowest BCUT2D eigenvalue weighted by molar-refractivity contribution is -0.384. The Labute approximate surface area is 194 Å². The first-order chi connectivity index (χ1) is 16.0. The van der Waals surface area contributed by atoms with Crippen LogP contribution in [0.2, 0.25) is 0 Å². The number of azo groups is 1. The van der Waals surface area contributed by atoms with E-state index >= 15 is 0 Å². The van der Waals surface area contributed by atoms with Gasteiger partial charge in [-0.05, 0) is 32.0 Å². The standard InChI is InChI=1S/C20H19N7O6S/c1-3-26(4-2)15-5-6-17(18(9-15)25-34(32,33)12-19(28)29)23-24-20-13(10-21)7-16(27(30)31)8-14(20)11-22/h5-9,25H,3-4,12H2,1-2H3,(H,28,29). The Morgan fingerprint density at radius 1 is 1.15 bits per heavy atom. The fourth-order valence-electron chi connectivity index (χ4n) is 2.95. The molecule has 0 bridgehead atoms. The zero-order valence-corrected chi connectivity index (χ0v) is 18.9. The zero-order chi connectivity index (χ0) is 25.5. The van der Waals surface area contributed by atoms with E-state index < -0.39 is 32.4 Å². The number of carboxylic acid groups (broad SMARTS) is 1. The van der Waals surface area contributed by atoms with Crippen LogP contribution in [0.4, 0.5) is 28.4 Å². The van der Waals surface area contributed by atoms with Crippen molar-refractivity contribution in [2.24, 2.45) is 10.2 Å². The van der Waals surface area contributed by atoms with Crippen molar-refractivity contribution in [2.45, 2.75) is 13.8 Å². The van der Waals surface area contributed by atoms with Gasteiger partial charge in [0.05, 0.1) is 21.7 Å². The summed E-state index contributed by atoms with van der Waals surface area (Å²) in [7, 11) is -4.29. The second-order valence-corrected chi connectivity index (χ2v) is 8.42. The summed E-state index contributed by atoms with van der Waals surface area (Å²) in [4.78, 5) is 23.1. The van der Waals surface area contributed by atoms with Crippen LogP contribution in [0.25, 0.3) is 0 Å². The molecule has 0 aliphatic heterocycles. The molecule has 0 heterocycles.